The van der Waals surface area contributed by atoms with Gasteiger partial charge in [-0.05, 0) is 50.5 Å². The molecule has 1 aliphatic carbocycles. The summed E-state index contributed by atoms with van der Waals surface area (Å²) in [7, 11) is 0. The van der Waals surface area contributed by atoms with Crippen molar-refractivity contribution in [2.45, 2.75) is 58.9 Å². The third-order valence-corrected chi connectivity index (χ3v) is 3.85. The molecule has 3 unspecified atom stereocenters. The van der Waals surface area contributed by atoms with Crippen LogP contribution in [0.2, 0.25) is 0 Å². The molecule has 2 nitrogen and oxygen atoms in total. The Morgan fingerprint density at radius 2 is 1.75 bits per heavy atom. The highest BCUT2D eigenvalue weighted by Crippen LogP contribution is 2.29. The normalized spacial score (nSPS) is 28.3. The van der Waals surface area contributed by atoms with Crippen molar-refractivity contribution in [2.75, 3.05) is 13.2 Å². The zero-order valence-electron chi connectivity index (χ0n) is 11.2. The molecule has 0 aliphatic heterocycles. The molecule has 1 rings (SSSR count). The Balaban J connectivity index is 2.24. The van der Waals surface area contributed by atoms with Crippen LogP contribution in [-0.4, -0.2) is 24.3 Å². The third kappa shape index (κ3) is 4.84. The molecule has 1 aliphatic rings. The van der Waals surface area contributed by atoms with Gasteiger partial charge < -0.3 is 10.4 Å². The zero-order valence-corrected chi connectivity index (χ0v) is 11.2. The molecular formula is C14H29NO. The minimum Gasteiger partial charge on any atom is -0.396 e. The second-order valence-corrected chi connectivity index (χ2v) is 5.93. The summed E-state index contributed by atoms with van der Waals surface area (Å²) in [5.74, 6) is 2.02. The smallest absolute Gasteiger partial charge is 0.0462 e. The predicted molar refractivity (Wildman–Crippen MR) is 69.5 cm³/mol. The van der Waals surface area contributed by atoms with Gasteiger partial charge in [-0.15, -0.1) is 0 Å². The van der Waals surface area contributed by atoms with E-state index in [1.165, 1.54) is 32.1 Å². The second-order valence-electron chi connectivity index (χ2n) is 5.93. The molecule has 2 N–H and O–H groups in total. The average molecular weight is 227 g/mol. The molecule has 1 fully saturated rings. The van der Waals surface area contributed by atoms with Crippen molar-refractivity contribution in [1.82, 2.24) is 5.32 Å². The lowest BCUT2D eigenvalue weighted by Gasteiger charge is -2.31. The van der Waals surface area contributed by atoms with Gasteiger partial charge in [0.05, 0.1) is 0 Å². The number of hydrogen-bond acceptors (Lipinski definition) is 2. The van der Waals surface area contributed by atoms with E-state index in [4.69, 9.17) is 0 Å². The Morgan fingerprint density at radius 1 is 1.12 bits per heavy atom. The topological polar surface area (TPSA) is 32.3 Å². The maximum Gasteiger partial charge on any atom is 0.0462 e. The molecule has 0 heterocycles. The highest BCUT2D eigenvalue weighted by Gasteiger charge is 2.24. The lowest BCUT2D eigenvalue weighted by molar-refractivity contribution is 0.130. The summed E-state index contributed by atoms with van der Waals surface area (Å²) in [6, 6.07) is 0.612. The summed E-state index contributed by atoms with van der Waals surface area (Å²) < 4.78 is 0. The van der Waals surface area contributed by atoms with Gasteiger partial charge >= 0.3 is 0 Å². The fourth-order valence-corrected chi connectivity index (χ4v) is 2.94. The first-order valence-corrected chi connectivity index (χ1v) is 6.97. The molecule has 0 bridgehead atoms. The predicted octanol–water partition coefficient (Wildman–Crippen LogP) is 2.81. The van der Waals surface area contributed by atoms with Crippen molar-refractivity contribution >= 4 is 0 Å². The molecule has 3 atom stereocenters. The summed E-state index contributed by atoms with van der Waals surface area (Å²) in [6.45, 7) is 8.30. The molecule has 0 aromatic heterocycles. The quantitative estimate of drug-likeness (QED) is 0.731. The standard InChI is InChI=1S/C14H29NO/c1-11(2)8-12(3)15-9-13-6-4-5-7-14(13)10-16/h11-16H,4-10H2,1-3H3. The molecule has 0 radical (unpaired) electrons. The van der Waals surface area contributed by atoms with Gasteiger partial charge in [-0.3, -0.25) is 0 Å². The van der Waals surface area contributed by atoms with Crippen LogP contribution in [0, 0.1) is 17.8 Å². The summed E-state index contributed by atoms with van der Waals surface area (Å²) in [5, 5.41) is 13.0. The van der Waals surface area contributed by atoms with Crippen molar-refractivity contribution < 1.29 is 5.11 Å². The second kappa shape index (κ2) is 7.29. The molecule has 0 saturated heterocycles. The van der Waals surface area contributed by atoms with Crippen molar-refractivity contribution in [3.63, 3.8) is 0 Å². The van der Waals surface area contributed by atoms with Crippen molar-refractivity contribution in [3.05, 3.63) is 0 Å². The summed E-state index contributed by atoms with van der Waals surface area (Å²) in [6.07, 6.45) is 6.43. The zero-order chi connectivity index (χ0) is 12.0. The van der Waals surface area contributed by atoms with Gasteiger partial charge in [0.1, 0.15) is 0 Å². The van der Waals surface area contributed by atoms with Gasteiger partial charge in [-0.1, -0.05) is 26.7 Å². The van der Waals surface area contributed by atoms with Crippen molar-refractivity contribution in [2.24, 2.45) is 17.8 Å². The number of aliphatic hydroxyl groups is 1. The number of nitrogens with one attached hydrogen (secondary N) is 1. The Morgan fingerprint density at radius 3 is 2.31 bits per heavy atom. The van der Waals surface area contributed by atoms with E-state index in [9.17, 15) is 5.11 Å². The largest absolute Gasteiger partial charge is 0.396 e. The van der Waals surface area contributed by atoms with Crippen LogP contribution in [-0.2, 0) is 0 Å². The van der Waals surface area contributed by atoms with E-state index in [1.54, 1.807) is 0 Å². The molecule has 0 aromatic rings. The van der Waals surface area contributed by atoms with E-state index in [0.29, 0.717) is 24.5 Å². The Labute approximate surface area is 101 Å². The van der Waals surface area contributed by atoms with E-state index in [-0.39, 0.29) is 0 Å². The fourth-order valence-electron chi connectivity index (χ4n) is 2.94. The van der Waals surface area contributed by atoms with Gasteiger partial charge in [-0.25, -0.2) is 0 Å². The molecule has 0 amide bonds. The SMILES string of the molecule is CC(C)CC(C)NCC1CCCCC1CO. The van der Waals surface area contributed by atoms with Crippen LogP contribution in [0.3, 0.4) is 0 Å². The van der Waals surface area contributed by atoms with Gasteiger partial charge in [0.15, 0.2) is 0 Å². The number of rotatable bonds is 6. The first kappa shape index (κ1) is 14.0. The van der Waals surface area contributed by atoms with E-state index in [2.05, 4.69) is 26.1 Å². The molecule has 0 spiro atoms. The summed E-state index contributed by atoms with van der Waals surface area (Å²) >= 11 is 0. The van der Waals surface area contributed by atoms with E-state index in [1.807, 2.05) is 0 Å². The maximum atomic E-state index is 9.34. The highest BCUT2D eigenvalue weighted by molar-refractivity contribution is 4.77. The third-order valence-electron chi connectivity index (χ3n) is 3.85. The average Bonchev–Trinajstić information content (AvgIpc) is 2.26. The Hall–Kier alpha value is -0.0800. The Bertz CT molecular complexity index is 182. The van der Waals surface area contributed by atoms with Crippen LogP contribution >= 0.6 is 0 Å². The van der Waals surface area contributed by atoms with Crippen LogP contribution in [0.5, 0.6) is 0 Å². The van der Waals surface area contributed by atoms with Crippen molar-refractivity contribution in [1.29, 1.82) is 0 Å². The fraction of sp³-hybridized carbons (Fsp3) is 1.00. The van der Waals surface area contributed by atoms with Gasteiger partial charge in [0.25, 0.3) is 0 Å². The molecule has 16 heavy (non-hydrogen) atoms. The first-order valence-electron chi connectivity index (χ1n) is 6.97. The molecule has 1 saturated carbocycles. The maximum absolute atomic E-state index is 9.34. The van der Waals surface area contributed by atoms with Crippen molar-refractivity contribution in [3.8, 4) is 0 Å². The van der Waals surface area contributed by atoms with Crippen LogP contribution < -0.4 is 5.32 Å². The molecular weight excluding hydrogens is 198 g/mol. The number of hydrogen-bond donors (Lipinski definition) is 2. The Kier molecular flexibility index (Phi) is 6.37. The van der Waals surface area contributed by atoms with E-state index < -0.39 is 0 Å². The van der Waals surface area contributed by atoms with Crippen LogP contribution in [0.25, 0.3) is 0 Å². The first-order chi connectivity index (χ1) is 7.63. The van der Waals surface area contributed by atoms with Gasteiger partial charge in [-0.2, -0.15) is 0 Å². The van der Waals surface area contributed by atoms with Crippen LogP contribution in [0.1, 0.15) is 52.9 Å². The van der Waals surface area contributed by atoms with E-state index >= 15 is 0 Å². The van der Waals surface area contributed by atoms with Gasteiger partial charge in [0.2, 0.25) is 0 Å². The van der Waals surface area contributed by atoms with Crippen LogP contribution in [0.4, 0.5) is 0 Å². The minimum atomic E-state index is 0.380. The molecule has 96 valence electrons. The van der Waals surface area contributed by atoms with Gasteiger partial charge in [0, 0.05) is 12.6 Å². The summed E-state index contributed by atoms with van der Waals surface area (Å²) in [5.41, 5.74) is 0. The summed E-state index contributed by atoms with van der Waals surface area (Å²) in [4.78, 5) is 0. The molecule has 0 aromatic carbocycles. The lowest BCUT2D eigenvalue weighted by atomic mass is 9.79. The molecule has 2 heteroatoms. The lowest BCUT2D eigenvalue weighted by Crippen LogP contribution is -2.37. The van der Waals surface area contributed by atoms with Crippen LogP contribution in [0.15, 0.2) is 0 Å². The number of aliphatic hydroxyl groups excluding tert-OH is 1. The van der Waals surface area contributed by atoms with E-state index in [0.717, 1.165) is 12.5 Å². The monoisotopic (exact) mass is 227 g/mol. The minimum absolute atomic E-state index is 0.380. The highest BCUT2D eigenvalue weighted by atomic mass is 16.3.